The maximum Gasteiger partial charge on any atom is 0.312 e. The minimum absolute atomic E-state index is 0.0277. The molecule has 2 saturated heterocycles. The van der Waals surface area contributed by atoms with Crippen LogP contribution in [0.5, 0.6) is 0 Å². The van der Waals surface area contributed by atoms with Gasteiger partial charge in [-0.05, 0) is 51.4 Å². The van der Waals surface area contributed by atoms with Crippen molar-refractivity contribution in [2.45, 2.75) is 38.2 Å². The van der Waals surface area contributed by atoms with Crippen molar-refractivity contribution in [3.8, 4) is 0 Å². The molecule has 0 radical (unpaired) electrons. The summed E-state index contributed by atoms with van der Waals surface area (Å²) in [6.07, 6.45) is 4.26. The number of likely N-dealkylation sites (tertiary alicyclic amines) is 1. The molecule has 1 N–H and O–H groups in total. The molecule has 1 unspecified atom stereocenters. The zero-order valence-electron chi connectivity index (χ0n) is 16.3. The van der Waals surface area contributed by atoms with Crippen LogP contribution in [-0.4, -0.2) is 68.1 Å². The van der Waals surface area contributed by atoms with Crippen LogP contribution in [-0.2, 0) is 16.0 Å². The van der Waals surface area contributed by atoms with Crippen LogP contribution in [0, 0.1) is 5.41 Å². The number of carbonyl (C=O) groups is 2. The Kier molecular flexibility index (Phi) is 4.84. The summed E-state index contributed by atoms with van der Waals surface area (Å²) < 4.78 is 5.63. The zero-order chi connectivity index (χ0) is 19.0. The molecule has 0 aromatic heterocycles. The topological polar surface area (TPSA) is 61.9 Å². The average molecular weight is 371 g/mol. The molecule has 3 aliphatic heterocycles. The first-order chi connectivity index (χ1) is 13.0. The number of aryl methyl sites for hydroxylation is 1. The summed E-state index contributed by atoms with van der Waals surface area (Å²) >= 11 is 0. The first-order valence-electron chi connectivity index (χ1n) is 9.99. The molecule has 3 aliphatic rings. The molecule has 4 rings (SSSR count). The molecule has 1 amide bonds. The number of para-hydroxylation sites is 1. The molecule has 2 fully saturated rings. The van der Waals surface area contributed by atoms with Crippen LogP contribution < -0.4 is 5.32 Å². The summed E-state index contributed by atoms with van der Waals surface area (Å²) in [5.74, 6) is 0.00696. The van der Waals surface area contributed by atoms with E-state index >= 15 is 0 Å². The monoisotopic (exact) mass is 371 g/mol. The Morgan fingerprint density at radius 1 is 1.33 bits per heavy atom. The molecule has 3 heterocycles. The van der Waals surface area contributed by atoms with Crippen molar-refractivity contribution in [3.63, 3.8) is 0 Å². The van der Waals surface area contributed by atoms with Gasteiger partial charge >= 0.3 is 5.97 Å². The van der Waals surface area contributed by atoms with Crippen LogP contribution in [0.2, 0.25) is 0 Å². The van der Waals surface area contributed by atoms with Gasteiger partial charge in [-0.3, -0.25) is 9.59 Å². The van der Waals surface area contributed by atoms with E-state index in [1.165, 1.54) is 5.56 Å². The fourth-order valence-corrected chi connectivity index (χ4v) is 4.75. The molecule has 146 valence electrons. The minimum Gasteiger partial charge on any atom is -0.461 e. The number of anilines is 1. The average Bonchev–Trinajstić information content (AvgIpc) is 2.95. The highest BCUT2D eigenvalue weighted by Gasteiger charge is 2.50. The van der Waals surface area contributed by atoms with Gasteiger partial charge in [0.25, 0.3) is 5.91 Å². The minimum atomic E-state index is -0.397. The molecule has 1 aromatic carbocycles. The summed E-state index contributed by atoms with van der Waals surface area (Å²) in [7, 11) is 3.99. The maximum atomic E-state index is 13.1. The molecule has 27 heavy (non-hydrogen) atoms. The molecule has 6 heteroatoms. The van der Waals surface area contributed by atoms with Crippen molar-refractivity contribution in [1.82, 2.24) is 9.80 Å². The lowest BCUT2D eigenvalue weighted by Gasteiger charge is -2.37. The standard InChI is InChI=1S/C21H29N3O3/c1-23(2)14-16-13-21(20(26)27-16)8-11-24(12-9-21)19(25)17-7-3-5-15-6-4-10-22-18(15)17/h3,5,7,16,22H,4,6,8-14H2,1-2H3. The van der Waals surface area contributed by atoms with Crippen LogP contribution >= 0.6 is 0 Å². The van der Waals surface area contributed by atoms with E-state index < -0.39 is 5.41 Å². The normalized spacial score (nSPS) is 23.9. The number of esters is 1. The first kappa shape index (κ1) is 18.3. The third-order valence-corrected chi connectivity index (χ3v) is 6.21. The van der Waals surface area contributed by atoms with Gasteiger partial charge in [-0.2, -0.15) is 0 Å². The second-order valence-corrected chi connectivity index (χ2v) is 8.44. The summed E-state index contributed by atoms with van der Waals surface area (Å²) in [6, 6.07) is 5.99. The van der Waals surface area contributed by atoms with E-state index in [1.54, 1.807) is 0 Å². The predicted octanol–water partition coefficient (Wildman–Crippen LogP) is 2.14. The number of ether oxygens (including phenoxy) is 1. The van der Waals surface area contributed by atoms with Gasteiger partial charge in [0.05, 0.1) is 16.7 Å². The Bertz CT molecular complexity index is 738. The van der Waals surface area contributed by atoms with Gasteiger partial charge < -0.3 is 19.9 Å². The third-order valence-electron chi connectivity index (χ3n) is 6.21. The van der Waals surface area contributed by atoms with E-state index in [9.17, 15) is 9.59 Å². The van der Waals surface area contributed by atoms with Crippen molar-refractivity contribution >= 4 is 17.6 Å². The number of benzene rings is 1. The Balaban J connectivity index is 1.44. The number of nitrogens with zero attached hydrogens (tertiary/aromatic N) is 2. The fourth-order valence-electron chi connectivity index (χ4n) is 4.75. The molecule has 1 aromatic rings. The van der Waals surface area contributed by atoms with Gasteiger partial charge in [-0.25, -0.2) is 0 Å². The quantitative estimate of drug-likeness (QED) is 0.825. The SMILES string of the molecule is CN(C)CC1CC2(CCN(C(=O)c3cccc4c3NCCC4)CC2)C(=O)O1. The predicted molar refractivity (Wildman–Crippen MR) is 104 cm³/mol. The van der Waals surface area contributed by atoms with Crippen LogP contribution in [0.1, 0.15) is 41.6 Å². The Morgan fingerprint density at radius 2 is 2.11 bits per heavy atom. The second kappa shape index (κ2) is 7.15. The number of nitrogens with one attached hydrogen (secondary N) is 1. The molecular formula is C21H29N3O3. The third kappa shape index (κ3) is 3.43. The van der Waals surface area contributed by atoms with Crippen LogP contribution in [0.15, 0.2) is 18.2 Å². The molecule has 0 aliphatic carbocycles. The van der Waals surface area contributed by atoms with Gasteiger partial charge in [0.15, 0.2) is 0 Å². The molecule has 6 nitrogen and oxygen atoms in total. The summed E-state index contributed by atoms with van der Waals surface area (Å²) in [6.45, 7) is 2.91. The van der Waals surface area contributed by atoms with Gasteiger partial charge in [-0.1, -0.05) is 12.1 Å². The number of hydrogen-bond donors (Lipinski definition) is 1. The van der Waals surface area contributed by atoms with Crippen molar-refractivity contribution in [3.05, 3.63) is 29.3 Å². The Hall–Kier alpha value is -2.08. The molecule has 0 saturated carbocycles. The van der Waals surface area contributed by atoms with Crippen LogP contribution in [0.25, 0.3) is 0 Å². The number of fused-ring (bicyclic) bond motifs is 1. The zero-order valence-corrected chi connectivity index (χ0v) is 16.3. The maximum absolute atomic E-state index is 13.1. The number of likely N-dealkylation sites (N-methyl/N-ethyl adjacent to an activating group) is 1. The molecular weight excluding hydrogens is 342 g/mol. The van der Waals surface area contributed by atoms with Crippen LogP contribution in [0.4, 0.5) is 5.69 Å². The van der Waals surface area contributed by atoms with Gasteiger partial charge in [0.1, 0.15) is 6.10 Å². The van der Waals surface area contributed by atoms with E-state index in [0.717, 1.165) is 43.6 Å². The highest BCUT2D eigenvalue weighted by atomic mass is 16.6. The lowest BCUT2D eigenvalue weighted by molar-refractivity contribution is -0.150. The van der Waals surface area contributed by atoms with Crippen molar-refractivity contribution in [2.24, 2.45) is 5.41 Å². The second-order valence-electron chi connectivity index (χ2n) is 8.44. The van der Waals surface area contributed by atoms with Crippen molar-refractivity contribution < 1.29 is 14.3 Å². The highest BCUT2D eigenvalue weighted by molar-refractivity contribution is 6.00. The highest BCUT2D eigenvalue weighted by Crippen LogP contribution is 2.43. The van der Waals surface area contributed by atoms with Crippen LogP contribution in [0.3, 0.4) is 0 Å². The van der Waals surface area contributed by atoms with E-state index in [0.29, 0.717) is 25.9 Å². The van der Waals surface area contributed by atoms with Gasteiger partial charge in [-0.15, -0.1) is 0 Å². The fraction of sp³-hybridized carbons (Fsp3) is 0.619. The molecule has 1 spiro atoms. The van der Waals surface area contributed by atoms with E-state index in [4.69, 9.17) is 4.74 Å². The Morgan fingerprint density at radius 3 is 2.85 bits per heavy atom. The Labute approximate surface area is 160 Å². The van der Waals surface area contributed by atoms with E-state index in [1.807, 2.05) is 31.1 Å². The molecule has 1 atom stereocenters. The van der Waals surface area contributed by atoms with E-state index in [2.05, 4.69) is 16.3 Å². The largest absolute Gasteiger partial charge is 0.461 e. The number of amides is 1. The first-order valence-corrected chi connectivity index (χ1v) is 9.99. The van der Waals surface area contributed by atoms with E-state index in [-0.39, 0.29) is 18.0 Å². The number of hydrogen-bond acceptors (Lipinski definition) is 5. The lowest BCUT2D eigenvalue weighted by atomic mass is 9.76. The lowest BCUT2D eigenvalue weighted by Crippen LogP contribution is -2.45. The van der Waals surface area contributed by atoms with Gasteiger partial charge in [0.2, 0.25) is 0 Å². The van der Waals surface area contributed by atoms with Gasteiger partial charge in [0, 0.05) is 32.6 Å². The van der Waals surface area contributed by atoms with Crippen molar-refractivity contribution in [2.75, 3.05) is 45.6 Å². The van der Waals surface area contributed by atoms with Crippen molar-refractivity contribution in [1.29, 1.82) is 0 Å². The number of rotatable bonds is 3. The summed E-state index contributed by atoms with van der Waals surface area (Å²) in [5.41, 5.74) is 2.60. The number of piperidine rings is 1. The molecule has 0 bridgehead atoms. The summed E-state index contributed by atoms with van der Waals surface area (Å²) in [5, 5.41) is 3.40. The number of cyclic esters (lactones) is 1. The summed E-state index contributed by atoms with van der Waals surface area (Å²) in [4.78, 5) is 29.6. The number of carbonyl (C=O) groups excluding carboxylic acids is 2. The smallest absolute Gasteiger partial charge is 0.312 e.